The molecule has 0 bridgehead atoms. The Bertz CT molecular complexity index is 894. The third-order valence-electron chi connectivity index (χ3n) is 4.23. The molecule has 0 saturated heterocycles. The summed E-state index contributed by atoms with van der Waals surface area (Å²) in [6.07, 6.45) is 3.39. The Labute approximate surface area is 158 Å². The summed E-state index contributed by atoms with van der Waals surface area (Å²) in [7, 11) is 0. The summed E-state index contributed by atoms with van der Waals surface area (Å²) in [6, 6.07) is 20.8. The van der Waals surface area contributed by atoms with E-state index >= 15 is 0 Å². The van der Waals surface area contributed by atoms with E-state index in [0.29, 0.717) is 5.56 Å². The lowest BCUT2D eigenvalue weighted by atomic mass is 10.0. The first-order valence-corrected chi connectivity index (χ1v) is 8.76. The molecule has 1 aromatic heterocycles. The van der Waals surface area contributed by atoms with Gasteiger partial charge in [0.25, 0.3) is 5.91 Å². The van der Waals surface area contributed by atoms with E-state index in [1.165, 1.54) is 0 Å². The number of benzene rings is 2. The van der Waals surface area contributed by atoms with E-state index in [2.05, 4.69) is 15.6 Å². The van der Waals surface area contributed by atoms with Crippen LogP contribution in [0.4, 0.5) is 0 Å². The quantitative estimate of drug-likeness (QED) is 0.709. The molecule has 1 unspecified atom stereocenters. The van der Waals surface area contributed by atoms with Gasteiger partial charge >= 0.3 is 0 Å². The van der Waals surface area contributed by atoms with E-state index in [4.69, 9.17) is 0 Å². The number of hydrogen-bond acceptors (Lipinski definition) is 3. The van der Waals surface area contributed by atoms with Crippen LogP contribution in [0.25, 0.3) is 11.1 Å². The topological polar surface area (TPSA) is 71.1 Å². The molecule has 0 aliphatic rings. The van der Waals surface area contributed by atoms with Gasteiger partial charge in [0.15, 0.2) is 0 Å². The minimum Gasteiger partial charge on any atom is -0.348 e. The third-order valence-corrected chi connectivity index (χ3v) is 4.23. The highest BCUT2D eigenvalue weighted by molar-refractivity contribution is 5.96. The van der Waals surface area contributed by atoms with Gasteiger partial charge in [0.05, 0.1) is 12.6 Å². The van der Waals surface area contributed by atoms with Crippen LogP contribution in [0, 0.1) is 0 Å². The molecule has 27 heavy (non-hydrogen) atoms. The van der Waals surface area contributed by atoms with Crippen LogP contribution in [0.15, 0.2) is 79.1 Å². The number of hydrogen-bond donors (Lipinski definition) is 2. The second-order valence-corrected chi connectivity index (χ2v) is 6.20. The van der Waals surface area contributed by atoms with Crippen molar-refractivity contribution in [2.75, 3.05) is 6.54 Å². The molecule has 136 valence electrons. The molecule has 2 N–H and O–H groups in total. The predicted molar refractivity (Wildman–Crippen MR) is 105 cm³/mol. The van der Waals surface area contributed by atoms with Gasteiger partial charge < -0.3 is 10.6 Å². The number of rotatable bonds is 6. The van der Waals surface area contributed by atoms with Crippen LogP contribution >= 0.6 is 0 Å². The maximum atomic E-state index is 12.3. The van der Waals surface area contributed by atoms with Gasteiger partial charge in [-0.25, -0.2) is 0 Å². The molecule has 3 rings (SSSR count). The normalized spacial score (nSPS) is 11.4. The highest BCUT2D eigenvalue weighted by Gasteiger charge is 2.12. The standard InChI is InChI=1S/C22H21N3O2/c1-16(20-8-5-13-23-14-20)25-21(26)15-24-22(27)19-11-9-18(10-12-19)17-6-3-2-4-7-17/h2-14,16H,15H2,1H3,(H,24,27)(H,25,26). The highest BCUT2D eigenvalue weighted by atomic mass is 16.2. The molecule has 1 heterocycles. The molecular weight excluding hydrogens is 338 g/mol. The molecule has 0 spiro atoms. The molecule has 5 heteroatoms. The molecular formula is C22H21N3O2. The average Bonchev–Trinajstić information content (AvgIpc) is 2.73. The smallest absolute Gasteiger partial charge is 0.251 e. The Morgan fingerprint density at radius 1 is 0.926 bits per heavy atom. The Hall–Kier alpha value is -3.47. The first-order valence-electron chi connectivity index (χ1n) is 8.76. The predicted octanol–water partition coefficient (Wildman–Crippen LogP) is 3.36. The van der Waals surface area contributed by atoms with Gasteiger partial charge in [-0.1, -0.05) is 48.5 Å². The summed E-state index contributed by atoms with van der Waals surface area (Å²) in [5.74, 6) is -0.528. The molecule has 0 aliphatic heterocycles. The lowest BCUT2D eigenvalue weighted by molar-refractivity contribution is -0.120. The van der Waals surface area contributed by atoms with Crippen LogP contribution in [0.2, 0.25) is 0 Å². The summed E-state index contributed by atoms with van der Waals surface area (Å²) < 4.78 is 0. The van der Waals surface area contributed by atoms with Crippen molar-refractivity contribution >= 4 is 11.8 Å². The lowest BCUT2D eigenvalue weighted by Gasteiger charge is -2.14. The number of aromatic nitrogens is 1. The molecule has 1 atom stereocenters. The minimum atomic E-state index is -0.279. The maximum Gasteiger partial charge on any atom is 0.251 e. The zero-order valence-corrected chi connectivity index (χ0v) is 15.1. The number of nitrogens with zero attached hydrogens (tertiary/aromatic N) is 1. The fraction of sp³-hybridized carbons (Fsp3) is 0.136. The monoisotopic (exact) mass is 359 g/mol. The zero-order valence-electron chi connectivity index (χ0n) is 15.1. The van der Waals surface area contributed by atoms with Crippen molar-refractivity contribution < 1.29 is 9.59 Å². The Balaban J connectivity index is 1.52. The van der Waals surface area contributed by atoms with E-state index in [1.807, 2.05) is 61.5 Å². The second kappa shape index (κ2) is 8.76. The third kappa shape index (κ3) is 5.01. The summed E-state index contributed by atoms with van der Waals surface area (Å²) >= 11 is 0. The summed E-state index contributed by atoms with van der Waals surface area (Å²) in [6.45, 7) is 1.79. The zero-order chi connectivity index (χ0) is 19.1. The maximum absolute atomic E-state index is 12.3. The van der Waals surface area contributed by atoms with Gasteiger partial charge in [-0.15, -0.1) is 0 Å². The molecule has 2 aromatic carbocycles. The second-order valence-electron chi connectivity index (χ2n) is 6.20. The van der Waals surface area contributed by atoms with E-state index in [0.717, 1.165) is 16.7 Å². The lowest BCUT2D eigenvalue weighted by Crippen LogP contribution is -2.38. The number of pyridine rings is 1. The van der Waals surface area contributed by atoms with Crippen molar-refractivity contribution in [1.82, 2.24) is 15.6 Å². The van der Waals surface area contributed by atoms with Gasteiger partial charge in [-0.2, -0.15) is 0 Å². The molecule has 0 saturated carbocycles. The van der Waals surface area contributed by atoms with Crippen molar-refractivity contribution in [3.8, 4) is 11.1 Å². The molecule has 3 aromatic rings. The first kappa shape index (κ1) is 18.3. The van der Waals surface area contributed by atoms with Crippen LogP contribution < -0.4 is 10.6 Å². The summed E-state index contributed by atoms with van der Waals surface area (Å²) in [4.78, 5) is 28.3. The SMILES string of the molecule is CC(NC(=O)CNC(=O)c1ccc(-c2ccccc2)cc1)c1cccnc1. The minimum absolute atomic E-state index is 0.0795. The Morgan fingerprint density at radius 3 is 2.30 bits per heavy atom. The Kier molecular flexibility index (Phi) is 5.94. The van der Waals surface area contributed by atoms with Crippen molar-refractivity contribution in [3.63, 3.8) is 0 Å². The van der Waals surface area contributed by atoms with Crippen molar-refractivity contribution in [2.45, 2.75) is 13.0 Å². The van der Waals surface area contributed by atoms with Gasteiger partial charge in [-0.05, 0) is 41.8 Å². The average molecular weight is 359 g/mol. The molecule has 5 nitrogen and oxygen atoms in total. The number of amides is 2. The van der Waals surface area contributed by atoms with E-state index in [1.54, 1.807) is 24.5 Å². The molecule has 0 fully saturated rings. The number of carbonyl (C=O) groups is 2. The number of nitrogens with one attached hydrogen (secondary N) is 2. The van der Waals surface area contributed by atoms with E-state index < -0.39 is 0 Å². The van der Waals surface area contributed by atoms with E-state index in [-0.39, 0.29) is 24.4 Å². The molecule has 0 radical (unpaired) electrons. The van der Waals surface area contributed by atoms with Gasteiger partial charge in [-0.3, -0.25) is 14.6 Å². The van der Waals surface area contributed by atoms with Crippen LogP contribution in [0.5, 0.6) is 0 Å². The van der Waals surface area contributed by atoms with Crippen molar-refractivity contribution in [2.24, 2.45) is 0 Å². The van der Waals surface area contributed by atoms with Gasteiger partial charge in [0, 0.05) is 18.0 Å². The van der Waals surface area contributed by atoms with E-state index in [9.17, 15) is 9.59 Å². The van der Waals surface area contributed by atoms with Crippen LogP contribution in [0.3, 0.4) is 0 Å². The van der Waals surface area contributed by atoms with Crippen molar-refractivity contribution in [3.05, 3.63) is 90.3 Å². The van der Waals surface area contributed by atoms with Crippen LogP contribution in [0.1, 0.15) is 28.9 Å². The summed E-state index contributed by atoms with van der Waals surface area (Å²) in [5.41, 5.74) is 3.56. The van der Waals surface area contributed by atoms with Gasteiger partial charge in [0.2, 0.25) is 5.91 Å². The largest absolute Gasteiger partial charge is 0.348 e. The molecule has 0 aliphatic carbocycles. The van der Waals surface area contributed by atoms with Crippen molar-refractivity contribution in [1.29, 1.82) is 0 Å². The fourth-order valence-electron chi connectivity index (χ4n) is 2.72. The van der Waals surface area contributed by atoms with Crippen LogP contribution in [-0.4, -0.2) is 23.3 Å². The Morgan fingerprint density at radius 2 is 1.63 bits per heavy atom. The number of carbonyl (C=O) groups excluding carboxylic acids is 2. The first-order chi connectivity index (χ1) is 13.1. The molecule has 2 amide bonds. The summed E-state index contributed by atoms with van der Waals surface area (Å²) in [5, 5.41) is 5.49. The highest BCUT2D eigenvalue weighted by Crippen LogP contribution is 2.19. The fourth-order valence-corrected chi connectivity index (χ4v) is 2.72. The van der Waals surface area contributed by atoms with Crippen LogP contribution in [-0.2, 0) is 4.79 Å². The van der Waals surface area contributed by atoms with Gasteiger partial charge in [0.1, 0.15) is 0 Å².